The second-order valence-electron chi connectivity index (χ2n) is 4.16. The van der Waals surface area contributed by atoms with Crippen molar-refractivity contribution in [3.05, 3.63) is 54.6 Å². The summed E-state index contributed by atoms with van der Waals surface area (Å²) < 4.78 is 0. The summed E-state index contributed by atoms with van der Waals surface area (Å²) in [6.45, 7) is 0. The lowest BCUT2D eigenvalue weighted by atomic mass is 10.2. The zero-order valence-corrected chi connectivity index (χ0v) is 10.4. The highest BCUT2D eigenvalue weighted by molar-refractivity contribution is 6.06. The van der Waals surface area contributed by atoms with Crippen molar-refractivity contribution >= 4 is 28.3 Å². The molecule has 6 nitrogen and oxygen atoms in total. The molecule has 98 valence electrons. The SMILES string of the molecule is Nc1nccnc1C(=O)Nc1ccc2ncccc2c1. The van der Waals surface area contributed by atoms with Gasteiger partial charge in [-0.2, -0.15) is 0 Å². The Kier molecular flexibility index (Phi) is 2.96. The van der Waals surface area contributed by atoms with Gasteiger partial charge in [-0.3, -0.25) is 9.78 Å². The van der Waals surface area contributed by atoms with Crippen molar-refractivity contribution in [3.63, 3.8) is 0 Å². The lowest BCUT2D eigenvalue weighted by Gasteiger charge is -2.06. The molecule has 0 radical (unpaired) electrons. The molecule has 2 aromatic heterocycles. The van der Waals surface area contributed by atoms with E-state index < -0.39 is 0 Å². The van der Waals surface area contributed by atoms with Crippen LogP contribution in [-0.2, 0) is 0 Å². The molecule has 3 N–H and O–H groups in total. The fraction of sp³-hybridized carbons (Fsp3) is 0. The van der Waals surface area contributed by atoms with Gasteiger partial charge in [0, 0.05) is 29.7 Å². The van der Waals surface area contributed by atoms with Crippen LogP contribution in [0.4, 0.5) is 11.5 Å². The number of carbonyl (C=O) groups is 1. The van der Waals surface area contributed by atoms with Crippen LogP contribution in [0.5, 0.6) is 0 Å². The van der Waals surface area contributed by atoms with Gasteiger partial charge in [0.1, 0.15) is 0 Å². The number of fused-ring (bicyclic) bond motifs is 1. The zero-order valence-electron chi connectivity index (χ0n) is 10.4. The van der Waals surface area contributed by atoms with Gasteiger partial charge < -0.3 is 11.1 Å². The molecule has 3 aromatic rings. The average Bonchev–Trinajstić information content (AvgIpc) is 2.47. The van der Waals surface area contributed by atoms with Gasteiger partial charge in [-0.05, 0) is 24.3 Å². The number of nitrogens with zero attached hydrogens (tertiary/aromatic N) is 3. The molecule has 0 aliphatic carbocycles. The number of amides is 1. The molecule has 0 saturated heterocycles. The van der Waals surface area contributed by atoms with Gasteiger partial charge in [0.05, 0.1) is 5.52 Å². The minimum Gasteiger partial charge on any atom is -0.382 e. The van der Waals surface area contributed by atoms with E-state index in [1.54, 1.807) is 12.3 Å². The summed E-state index contributed by atoms with van der Waals surface area (Å²) in [5, 5.41) is 3.68. The number of carbonyl (C=O) groups excluding carboxylic acids is 1. The molecule has 1 aromatic carbocycles. The number of rotatable bonds is 2. The molecule has 6 heteroatoms. The van der Waals surface area contributed by atoms with Crippen LogP contribution in [0.2, 0.25) is 0 Å². The Morgan fingerprint density at radius 1 is 1.05 bits per heavy atom. The van der Waals surface area contributed by atoms with Crippen molar-refractivity contribution in [2.75, 3.05) is 11.1 Å². The first kappa shape index (κ1) is 12.0. The molecular weight excluding hydrogens is 254 g/mol. The third kappa shape index (κ3) is 2.26. The lowest BCUT2D eigenvalue weighted by Crippen LogP contribution is -2.16. The number of anilines is 2. The van der Waals surface area contributed by atoms with Crippen LogP contribution < -0.4 is 11.1 Å². The quantitative estimate of drug-likeness (QED) is 0.737. The van der Waals surface area contributed by atoms with Gasteiger partial charge >= 0.3 is 0 Å². The predicted molar refractivity (Wildman–Crippen MR) is 76.1 cm³/mol. The smallest absolute Gasteiger partial charge is 0.278 e. The number of benzene rings is 1. The van der Waals surface area contributed by atoms with E-state index in [2.05, 4.69) is 20.3 Å². The third-order valence-corrected chi connectivity index (χ3v) is 2.80. The van der Waals surface area contributed by atoms with Crippen LogP contribution in [0.3, 0.4) is 0 Å². The molecule has 0 bridgehead atoms. The number of nitrogens with two attached hydrogens (primary N) is 1. The topological polar surface area (TPSA) is 93.8 Å². The highest BCUT2D eigenvalue weighted by Crippen LogP contribution is 2.18. The number of nitrogen functional groups attached to an aromatic ring is 1. The Bertz CT molecular complexity index is 787. The normalized spacial score (nSPS) is 10.4. The van der Waals surface area contributed by atoms with Crippen LogP contribution in [0, 0.1) is 0 Å². The van der Waals surface area contributed by atoms with Crippen molar-refractivity contribution in [2.45, 2.75) is 0 Å². The number of hydrogen-bond donors (Lipinski definition) is 2. The number of pyridine rings is 1. The lowest BCUT2D eigenvalue weighted by molar-refractivity contribution is 0.102. The van der Waals surface area contributed by atoms with E-state index in [0.29, 0.717) is 5.69 Å². The molecule has 2 heterocycles. The third-order valence-electron chi connectivity index (χ3n) is 2.80. The number of aromatic nitrogens is 3. The fourth-order valence-corrected chi connectivity index (χ4v) is 1.87. The standard InChI is InChI=1S/C14H11N5O/c15-13-12(17-6-7-18-13)14(20)19-10-3-4-11-9(8-10)2-1-5-16-11/h1-8H,(H2,15,18)(H,19,20). The first-order chi connectivity index (χ1) is 9.74. The Morgan fingerprint density at radius 2 is 1.90 bits per heavy atom. The van der Waals surface area contributed by atoms with Gasteiger partial charge in [-0.25, -0.2) is 9.97 Å². The summed E-state index contributed by atoms with van der Waals surface area (Å²) in [4.78, 5) is 24.0. The maximum absolute atomic E-state index is 12.1. The minimum atomic E-state index is -0.390. The van der Waals surface area contributed by atoms with E-state index in [1.165, 1.54) is 12.4 Å². The Labute approximate surface area is 114 Å². The Hall–Kier alpha value is -3.02. The van der Waals surface area contributed by atoms with Crippen LogP contribution in [0.25, 0.3) is 10.9 Å². The van der Waals surface area contributed by atoms with E-state index in [1.807, 2.05) is 24.3 Å². The first-order valence-corrected chi connectivity index (χ1v) is 5.96. The molecule has 0 fully saturated rings. The monoisotopic (exact) mass is 265 g/mol. The van der Waals surface area contributed by atoms with E-state index in [-0.39, 0.29) is 17.4 Å². The van der Waals surface area contributed by atoms with Gasteiger partial charge in [-0.1, -0.05) is 6.07 Å². The summed E-state index contributed by atoms with van der Waals surface area (Å²) in [7, 11) is 0. The molecule has 0 aliphatic rings. The number of nitrogens with one attached hydrogen (secondary N) is 1. The van der Waals surface area contributed by atoms with Gasteiger partial charge in [0.25, 0.3) is 5.91 Å². The molecular formula is C14H11N5O. The summed E-state index contributed by atoms with van der Waals surface area (Å²) in [6.07, 6.45) is 4.59. The first-order valence-electron chi connectivity index (χ1n) is 5.96. The van der Waals surface area contributed by atoms with Crippen molar-refractivity contribution in [2.24, 2.45) is 0 Å². The van der Waals surface area contributed by atoms with Crippen LogP contribution in [0.15, 0.2) is 48.9 Å². The predicted octanol–water partition coefficient (Wildman–Crippen LogP) is 1.86. The van der Waals surface area contributed by atoms with Gasteiger partial charge in [0.2, 0.25) is 0 Å². The van der Waals surface area contributed by atoms with Crippen molar-refractivity contribution in [3.8, 4) is 0 Å². The second-order valence-corrected chi connectivity index (χ2v) is 4.16. The maximum atomic E-state index is 12.1. The van der Waals surface area contributed by atoms with E-state index >= 15 is 0 Å². The fourth-order valence-electron chi connectivity index (χ4n) is 1.87. The summed E-state index contributed by atoms with van der Waals surface area (Å²) in [5.74, 6) is -0.286. The maximum Gasteiger partial charge on any atom is 0.278 e. The highest BCUT2D eigenvalue weighted by atomic mass is 16.1. The van der Waals surface area contributed by atoms with Crippen LogP contribution >= 0.6 is 0 Å². The average molecular weight is 265 g/mol. The van der Waals surface area contributed by atoms with E-state index in [4.69, 9.17) is 5.73 Å². The molecule has 0 spiro atoms. The highest BCUT2D eigenvalue weighted by Gasteiger charge is 2.12. The van der Waals surface area contributed by atoms with E-state index in [9.17, 15) is 4.79 Å². The Morgan fingerprint density at radius 3 is 2.75 bits per heavy atom. The summed E-state index contributed by atoms with van der Waals surface area (Å²) >= 11 is 0. The largest absolute Gasteiger partial charge is 0.382 e. The molecule has 0 atom stereocenters. The van der Waals surface area contributed by atoms with Crippen molar-refractivity contribution < 1.29 is 4.79 Å². The van der Waals surface area contributed by atoms with Crippen LogP contribution in [-0.4, -0.2) is 20.9 Å². The van der Waals surface area contributed by atoms with Crippen molar-refractivity contribution in [1.82, 2.24) is 15.0 Å². The molecule has 0 saturated carbocycles. The van der Waals surface area contributed by atoms with E-state index in [0.717, 1.165) is 10.9 Å². The minimum absolute atomic E-state index is 0.104. The van der Waals surface area contributed by atoms with Crippen molar-refractivity contribution in [1.29, 1.82) is 0 Å². The molecule has 0 unspecified atom stereocenters. The molecule has 20 heavy (non-hydrogen) atoms. The second kappa shape index (κ2) is 4.93. The summed E-state index contributed by atoms with van der Waals surface area (Å²) in [6, 6.07) is 9.22. The molecule has 3 rings (SSSR count). The zero-order chi connectivity index (χ0) is 13.9. The molecule has 1 amide bonds. The van der Waals surface area contributed by atoms with Gasteiger partial charge in [-0.15, -0.1) is 0 Å². The number of hydrogen-bond acceptors (Lipinski definition) is 5. The van der Waals surface area contributed by atoms with Gasteiger partial charge in [0.15, 0.2) is 11.5 Å². The van der Waals surface area contributed by atoms with Crippen LogP contribution in [0.1, 0.15) is 10.5 Å². The summed E-state index contributed by atoms with van der Waals surface area (Å²) in [5.41, 5.74) is 7.25. The Balaban J connectivity index is 1.89. The molecule has 0 aliphatic heterocycles.